The van der Waals surface area contributed by atoms with Gasteiger partial charge in [0.2, 0.25) is 10.0 Å². The molecule has 0 fully saturated rings. The molecule has 19 heavy (non-hydrogen) atoms. The van der Waals surface area contributed by atoms with Crippen LogP contribution >= 0.6 is 0 Å². The minimum Gasteiger partial charge on any atom is -0.398 e. The molecule has 0 aliphatic heterocycles. The molecular weight excluding hydrogens is 264 g/mol. The Hall–Kier alpha value is -1.11. The summed E-state index contributed by atoms with van der Waals surface area (Å²) in [5.74, 6) is 0. The van der Waals surface area contributed by atoms with Crippen molar-refractivity contribution >= 4 is 15.7 Å². The molecule has 5 nitrogen and oxygen atoms in total. The maximum Gasteiger partial charge on any atom is 0.243 e. The predicted molar refractivity (Wildman–Crippen MR) is 76.5 cm³/mol. The molecule has 0 aliphatic carbocycles. The number of methoxy groups -OCH3 is 1. The first-order chi connectivity index (χ1) is 8.84. The third-order valence-corrected chi connectivity index (χ3v) is 5.17. The van der Waals surface area contributed by atoms with Crippen molar-refractivity contribution in [2.45, 2.75) is 31.2 Å². The number of nitrogen functional groups attached to an aromatic ring is 1. The van der Waals surface area contributed by atoms with Gasteiger partial charge in [0.05, 0.1) is 11.5 Å². The van der Waals surface area contributed by atoms with Crippen LogP contribution in [0.2, 0.25) is 0 Å². The van der Waals surface area contributed by atoms with Crippen molar-refractivity contribution in [3.63, 3.8) is 0 Å². The molecule has 108 valence electrons. The Balaban J connectivity index is 3.10. The molecule has 0 bridgehead atoms. The average molecular weight is 286 g/mol. The van der Waals surface area contributed by atoms with Gasteiger partial charge in [0.1, 0.15) is 0 Å². The molecule has 1 aromatic carbocycles. The number of anilines is 1. The quantitative estimate of drug-likeness (QED) is 0.804. The van der Waals surface area contributed by atoms with Gasteiger partial charge >= 0.3 is 0 Å². The molecular formula is C13H22N2O3S. The molecule has 2 N–H and O–H groups in total. The van der Waals surface area contributed by atoms with E-state index in [1.54, 1.807) is 33.2 Å². The Labute approximate surface area is 115 Å². The van der Waals surface area contributed by atoms with Gasteiger partial charge in [0.15, 0.2) is 0 Å². The van der Waals surface area contributed by atoms with Crippen LogP contribution in [0.1, 0.15) is 19.4 Å². The second-order valence-corrected chi connectivity index (χ2v) is 6.54. The zero-order valence-corrected chi connectivity index (χ0v) is 12.7. The molecule has 1 aromatic rings. The number of hydrogen-bond donors (Lipinski definition) is 1. The fourth-order valence-electron chi connectivity index (χ4n) is 1.80. The van der Waals surface area contributed by atoms with E-state index in [9.17, 15) is 8.42 Å². The largest absolute Gasteiger partial charge is 0.398 e. The van der Waals surface area contributed by atoms with Crippen LogP contribution in [0.3, 0.4) is 0 Å². The number of nitrogens with zero attached hydrogens (tertiary/aromatic N) is 1. The molecule has 1 atom stereocenters. The first kappa shape index (κ1) is 15.9. The minimum atomic E-state index is -3.53. The van der Waals surface area contributed by atoms with Crippen molar-refractivity contribution in [2.24, 2.45) is 0 Å². The van der Waals surface area contributed by atoms with Gasteiger partial charge in [0.25, 0.3) is 0 Å². The number of hydrogen-bond acceptors (Lipinski definition) is 4. The number of rotatable bonds is 6. The summed E-state index contributed by atoms with van der Waals surface area (Å²) in [5.41, 5.74) is 7.32. The zero-order chi connectivity index (χ0) is 14.6. The van der Waals surface area contributed by atoms with Crippen LogP contribution in [0, 0.1) is 0 Å². The summed E-state index contributed by atoms with van der Waals surface area (Å²) in [6.45, 7) is 4.12. The maximum atomic E-state index is 12.4. The van der Waals surface area contributed by atoms with Crippen LogP contribution in [0.4, 0.5) is 5.69 Å². The first-order valence-corrected chi connectivity index (χ1v) is 7.64. The summed E-state index contributed by atoms with van der Waals surface area (Å²) in [7, 11) is -0.443. The Morgan fingerprint density at radius 3 is 2.53 bits per heavy atom. The molecule has 1 unspecified atom stereocenters. The van der Waals surface area contributed by atoms with Gasteiger partial charge in [-0.1, -0.05) is 13.0 Å². The third-order valence-electron chi connectivity index (χ3n) is 3.20. The van der Waals surface area contributed by atoms with Crippen molar-refractivity contribution < 1.29 is 13.2 Å². The zero-order valence-electron chi connectivity index (χ0n) is 11.9. The lowest BCUT2D eigenvalue weighted by molar-refractivity contribution is 0.149. The number of benzene rings is 1. The monoisotopic (exact) mass is 286 g/mol. The Morgan fingerprint density at radius 1 is 1.42 bits per heavy atom. The molecule has 0 amide bonds. The van der Waals surface area contributed by atoms with Gasteiger partial charge in [-0.25, -0.2) is 8.42 Å². The molecule has 0 radical (unpaired) electrons. The summed E-state index contributed by atoms with van der Waals surface area (Å²) < 4.78 is 31.1. The fraction of sp³-hybridized carbons (Fsp3) is 0.538. The summed E-state index contributed by atoms with van der Waals surface area (Å²) in [4.78, 5) is 0.215. The molecule has 0 spiro atoms. The van der Waals surface area contributed by atoms with Crippen molar-refractivity contribution in [3.8, 4) is 0 Å². The van der Waals surface area contributed by atoms with Gasteiger partial charge < -0.3 is 10.5 Å². The SMILES string of the molecule is CCc1ccc(S(=O)(=O)N(C)C(C)COC)cc1N. The number of likely N-dealkylation sites (N-methyl/N-ethyl adjacent to an activating group) is 1. The van der Waals surface area contributed by atoms with Crippen LogP contribution in [-0.4, -0.2) is 39.5 Å². The number of sulfonamides is 1. The Morgan fingerprint density at radius 2 is 2.05 bits per heavy atom. The lowest BCUT2D eigenvalue weighted by atomic mass is 10.1. The molecule has 0 saturated carbocycles. The highest BCUT2D eigenvalue weighted by atomic mass is 32.2. The second kappa shape index (κ2) is 6.36. The van der Waals surface area contributed by atoms with Crippen LogP contribution < -0.4 is 5.73 Å². The van der Waals surface area contributed by atoms with Gasteiger partial charge in [-0.2, -0.15) is 4.31 Å². The Kier molecular flexibility index (Phi) is 5.34. The van der Waals surface area contributed by atoms with Crippen LogP contribution in [-0.2, 0) is 21.2 Å². The average Bonchev–Trinajstić information content (AvgIpc) is 2.37. The van der Waals surface area contributed by atoms with Crippen molar-refractivity contribution in [3.05, 3.63) is 23.8 Å². The molecule has 0 saturated heterocycles. The van der Waals surface area contributed by atoms with E-state index in [0.717, 1.165) is 12.0 Å². The third kappa shape index (κ3) is 3.46. The highest BCUT2D eigenvalue weighted by Gasteiger charge is 2.25. The summed E-state index contributed by atoms with van der Waals surface area (Å²) in [6.07, 6.45) is 0.780. The molecule has 6 heteroatoms. The topological polar surface area (TPSA) is 72.6 Å². The van der Waals surface area contributed by atoms with Crippen molar-refractivity contribution in [1.82, 2.24) is 4.31 Å². The molecule has 0 aliphatic rings. The molecule has 0 heterocycles. The lowest BCUT2D eigenvalue weighted by Gasteiger charge is -2.24. The van der Waals surface area contributed by atoms with Crippen LogP contribution in [0.25, 0.3) is 0 Å². The minimum absolute atomic E-state index is 0.215. The normalized spacial score (nSPS) is 13.7. The van der Waals surface area contributed by atoms with Gasteiger partial charge in [0, 0.05) is 25.9 Å². The summed E-state index contributed by atoms with van der Waals surface area (Å²) >= 11 is 0. The van der Waals surface area contributed by atoms with Gasteiger partial charge in [-0.15, -0.1) is 0 Å². The Bertz CT molecular complexity index is 529. The van der Waals surface area contributed by atoms with Gasteiger partial charge in [-0.3, -0.25) is 0 Å². The number of aryl methyl sites for hydroxylation is 1. The van der Waals surface area contributed by atoms with Gasteiger partial charge in [-0.05, 0) is 31.0 Å². The van der Waals surface area contributed by atoms with Crippen molar-refractivity contribution in [1.29, 1.82) is 0 Å². The van der Waals surface area contributed by atoms with E-state index >= 15 is 0 Å². The molecule has 1 rings (SSSR count). The predicted octanol–water partition coefficient (Wildman–Crippen LogP) is 1.49. The van der Waals surface area contributed by atoms with E-state index < -0.39 is 10.0 Å². The number of nitrogens with two attached hydrogens (primary N) is 1. The standard InChI is InChI=1S/C13H22N2O3S/c1-5-11-6-7-12(8-13(11)14)19(16,17)15(3)10(2)9-18-4/h6-8,10H,5,9,14H2,1-4H3. The maximum absolute atomic E-state index is 12.4. The van der Waals surface area contributed by atoms with E-state index in [-0.39, 0.29) is 10.9 Å². The summed E-state index contributed by atoms with van der Waals surface area (Å²) in [6, 6.07) is 4.64. The summed E-state index contributed by atoms with van der Waals surface area (Å²) in [5, 5.41) is 0. The lowest BCUT2D eigenvalue weighted by Crippen LogP contribution is -2.37. The van der Waals surface area contributed by atoms with E-state index in [0.29, 0.717) is 12.3 Å². The van der Waals surface area contributed by atoms with E-state index in [1.807, 2.05) is 6.92 Å². The smallest absolute Gasteiger partial charge is 0.243 e. The second-order valence-electron chi connectivity index (χ2n) is 4.54. The molecule has 0 aromatic heterocycles. The van der Waals surface area contributed by atoms with E-state index in [2.05, 4.69) is 0 Å². The van der Waals surface area contributed by atoms with E-state index in [1.165, 1.54) is 10.4 Å². The highest BCUT2D eigenvalue weighted by molar-refractivity contribution is 7.89. The highest BCUT2D eigenvalue weighted by Crippen LogP contribution is 2.22. The number of ether oxygens (including phenoxy) is 1. The van der Waals surface area contributed by atoms with E-state index in [4.69, 9.17) is 10.5 Å². The first-order valence-electron chi connectivity index (χ1n) is 6.20. The van der Waals surface area contributed by atoms with Crippen molar-refractivity contribution in [2.75, 3.05) is 26.5 Å². The van der Waals surface area contributed by atoms with Crippen LogP contribution in [0.5, 0.6) is 0 Å². The van der Waals surface area contributed by atoms with Crippen LogP contribution in [0.15, 0.2) is 23.1 Å². The fourth-order valence-corrected chi connectivity index (χ4v) is 3.19.